The monoisotopic (exact) mass is 229 g/mol. The van der Waals surface area contributed by atoms with Crippen molar-refractivity contribution in [3.05, 3.63) is 28.8 Å². The number of hydrogen-bond donors (Lipinski definition) is 2. The third-order valence-electron chi connectivity index (χ3n) is 1.63. The van der Waals surface area contributed by atoms with Crippen molar-refractivity contribution in [2.75, 3.05) is 6.54 Å². The van der Waals surface area contributed by atoms with E-state index in [0.717, 1.165) is 11.2 Å². The molecule has 1 rings (SSSR count). The number of nitrogens with one attached hydrogen (secondary N) is 1. The molecule has 0 radical (unpaired) electrons. The quantitative estimate of drug-likeness (QED) is 0.595. The van der Waals surface area contributed by atoms with Crippen molar-refractivity contribution in [3.63, 3.8) is 0 Å². The third kappa shape index (κ3) is 3.63. The van der Waals surface area contributed by atoms with E-state index < -0.39 is 6.03 Å². The summed E-state index contributed by atoms with van der Waals surface area (Å²) in [6.45, 7) is 2.54. The molecule has 1 aromatic rings. The topological polar surface area (TPSA) is 66.6 Å². The van der Waals surface area contributed by atoms with Gasteiger partial charge >= 0.3 is 6.03 Å². The van der Waals surface area contributed by atoms with Crippen molar-refractivity contribution in [2.45, 2.75) is 13.3 Å². The molecule has 2 amide bonds. The predicted molar refractivity (Wildman–Crippen MR) is 55.9 cm³/mol. The standard InChI is InChI=1S/C9H12ClN3O2/c1-2-4-11-9(14)12-7-3-5-13(15)8(10)6-7/h3,5-6,15H,2,4H2,1H3,(H,11,14). The van der Waals surface area contributed by atoms with E-state index in [1.165, 1.54) is 18.3 Å². The van der Waals surface area contributed by atoms with E-state index in [1.54, 1.807) is 0 Å². The van der Waals surface area contributed by atoms with Crippen LogP contribution in [0.3, 0.4) is 0 Å². The summed E-state index contributed by atoms with van der Waals surface area (Å²) in [4.78, 5) is 14.9. The lowest BCUT2D eigenvalue weighted by atomic mass is 10.4. The first-order valence-corrected chi connectivity index (χ1v) is 4.91. The maximum atomic E-state index is 11.2. The normalized spacial score (nSPS) is 11.5. The van der Waals surface area contributed by atoms with Crippen LogP contribution < -0.4 is 10.7 Å². The lowest BCUT2D eigenvalue weighted by Crippen LogP contribution is -2.23. The second-order valence-corrected chi connectivity index (χ2v) is 3.28. The summed E-state index contributed by atoms with van der Waals surface area (Å²) >= 11 is 5.62. The molecule has 0 bridgehead atoms. The van der Waals surface area contributed by atoms with Gasteiger partial charge in [-0.3, -0.25) is 0 Å². The van der Waals surface area contributed by atoms with Crippen LogP contribution in [0.2, 0.25) is 5.15 Å². The Morgan fingerprint density at radius 2 is 2.47 bits per heavy atom. The molecule has 0 aliphatic carbocycles. The van der Waals surface area contributed by atoms with Gasteiger partial charge in [0.1, 0.15) is 5.15 Å². The van der Waals surface area contributed by atoms with Crippen molar-refractivity contribution in [1.82, 2.24) is 10.0 Å². The highest BCUT2D eigenvalue weighted by Gasteiger charge is 1.96. The average molecular weight is 230 g/mol. The van der Waals surface area contributed by atoms with Gasteiger partial charge in [-0.25, -0.2) is 4.79 Å². The van der Waals surface area contributed by atoms with Crippen LogP contribution in [0, 0.1) is 0 Å². The van der Waals surface area contributed by atoms with Crippen LogP contribution in [0.25, 0.3) is 0 Å². The van der Waals surface area contributed by atoms with Gasteiger partial charge in [0.05, 0.1) is 5.36 Å². The highest BCUT2D eigenvalue weighted by Crippen LogP contribution is 2.00. The van der Waals surface area contributed by atoms with E-state index in [2.05, 4.69) is 10.3 Å². The molecular formula is C9H12ClN3O2. The Hall–Kier alpha value is -1.49. The van der Waals surface area contributed by atoms with Crippen molar-refractivity contribution in [2.24, 2.45) is 4.99 Å². The second-order valence-electron chi connectivity index (χ2n) is 2.90. The zero-order chi connectivity index (χ0) is 11.3. The van der Waals surface area contributed by atoms with Crippen LogP contribution in [-0.4, -0.2) is 22.5 Å². The first-order chi connectivity index (χ1) is 7.13. The molecule has 0 unspecified atom stereocenters. The van der Waals surface area contributed by atoms with Crippen LogP contribution in [0.1, 0.15) is 13.3 Å². The molecule has 6 heteroatoms. The number of urea groups is 1. The van der Waals surface area contributed by atoms with E-state index >= 15 is 0 Å². The lowest BCUT2D eigenvalue weighted by Gasteiger charge is -1.99. The van der Waals surface area contributed by atoms with E-state index in [0.29, 0.717) is 11.9 Å². The van der Waals surface area contributed by atoms with Crippen LogP contribution >= 0.6 is 11.6 Å². The summed E-state index contributed by atoms with van der Waals surface area (Å²) in [6.07, 6.45) is 2.17. The minimum atomic E-state index is -0.413. The molecule has 1 heterocycles. The van der Waals surface area contributed by atoms with E-state index in [9.17, 15) is 4.79 Å². The summed E-state index contributed by atoms with van der Waals surface area (Å²) in [6, 6.07) is 2.47. The molecule has 0 spiro atoms. The highest BCUT2D eigenvalue weighted by molar-refractivity contribution is 6.29. The largest absolute Gasteiger partial charge is 0.428 e. The van der Waals surface area contributed by atoms with Gasteiger partial charge in [-0.15, -0.1) is 0 Å². The van der Waals surface area contributed by atoms with Crippen molar-refractivity contribution < 1.29 is 10.0 Å². The fourth-order valence-electron chi connectivity index (χ4n) is 0.913. The Morgan fingerprint density at radius 3 is 3.07 bits per heavy atom. The maximum Gasteiger partial charge on any atom is 0.341 e. The fraction of sp³-hybridized carbons (Fsp3) is 0.333. The number of halogens is 1. The minimum absolute atomic E-state index is 0.0968. The van der Waals surface area contributed by atoms with Gasteiger partial charge in [0.25, 0.3) is 0 Å². The third-order valence-corrected chi connectivity index (χ3v) is 1.91. The molecule has 0 saturated heterocycles. The Bertz CT molecular complexity index is 414. The number of pyridine rings is 1. The van der Waals surface area contributed by atoms with Gasteiger partial charge in [0, 0.05) is 18.8 Å². The molecule has 0 atom stereocenters. The van der Waals surface area contributed by atoms with Crippen LogP contribution in [0.4, 0.5) is 4.79 Å². The van der Waals surface area contributed by atoms with E-state index in [-0.39, 0.29) is 5.15 Å². The molecule has 0 saturated carbocycles. The zero-order valence-electron chi connectivity index (χ0n) is 8.27. The summed E-state index contributed by atoms with van der Waals surface area (Å²) in [5.41, 5.74) is 0. The molecule has 15 heavy (non-hydrogen) atoms. The van der Waals surface area contributed by atoms with Gasteiger partial charge in [0.15, 0.2) is 0 Å². The average Bonchev–Trinajstić information content (AvgIpc) is 2.20. The van der Waals surface area contributed by atoms with Crippen LogP contribution in [-0.2, 0) is 0 Å². The summed E-state index contributed by atoms with van der Waals surface area (Å²) in [5.74, 6) is 0. The van der Waals surface area contributed by atoms with Gasteiger partial charge in [-0.1, -0.05) is 18.5 Å². The first kappa shape index (κ1) is 11.6. The zero-order valence-corrected chi connectivity index (χ0v) is 9.03. The molecule has 82 valence electrons. The maximum absolute atomic E-state index is 11.2. The van der Waals surface area contributed by atoms with E-state index in [1.807, 2.05) is 6.92 Å². The molecule has 5 nitrogen and oxygen atoms in total. The molecular weight excluding hydrogens is 218 g/mol. The van der Waals surface area contributed by atoms with Crippen molar-refractivity contribution in [3.8, 4) is 0 Å². The van der Waals surface area contributed by atoms with E-state index in [4.69, 9.17) is 16.8 Å². The molecule has 0 aliphatic heterocycles. The fourth-order valence-corrected chi connectivity index (χ4v) is 1.08. The Balaban J connectivity index is 2.81. The van der Waals surface area contributed by atoms with Gasteiger partial charge < -0.3 is 10.5 Å². The molecule has 2 N–H and O–H groups in total. The summed E-state index contributed by atoms with van der Waals surface area (Å²) in [5, 5.41) is 12.2. The summed E-state index contributed by atoms with van der Waals surface area (Å²) < 4.78 is 0.741. The number of amides is 2. The van der Waals surface area contributed by atoms with Gasteiger partial charge in [0.2, 0.25) is 0 Å². The lowest BCUT2D eigenvalue weighted by molar-refractivity contribution is 0.185. The first-order valence-electron chi connectivity index (χ1n) is 4.53. The smallest absolute Gasteiger partial charge is 0.341 e. The summed E-state index contributed by atoms with van der Waals surface area (Å²) in [7, 11) is 0. The van der Waals surface area contributed by atoms with Gasteiger partial charge in [-0.2, -0.15) is 9.72 Å². The number of carbonyl (C=O) groups excluding carboxylic acids is 1. The number of aromatic nitrogens is 1. The molecule has 0 aliphatic rings. The Morgan fingerprint density at radius 1 is 1.73 bits per heavy atom. The Labute approximate surface area is 92.0 Å². The van der Waals surface area contributed by atoms with Crippen molar-refractivity contribution >= 4 is 17.6 Å². The van der Waals surface area contributed by atoms with Crippen LogP contribution in [0.15, 0.2) is 23.3 Å². The highest BCUT2D eigenvalue weighted by atomic mass is 35.5. The van der Waals surface area contributed by atoms with Crippen LogP contribution in [0.5, 0.6) is 0 Å². The Kier molecular flexibility index (Phi) is 4.17. The minimum Gasteiger partial charge on any atom is -0.428 e. The second kappa shape index (κ2) is 5.41. The van der Waals surface area contributed by atoms with Crippen molar-refractivity contribution in [1.29, 1.82) is 0 Å². The SMILES string of the molecule is CCCNC(=O)N=c1ccn(O)c(Cl)c1. The number of carbonyl (C=O) groups is 1. The molecule has 0 aromatic carbocycles. The number of hydrogen-bond acceptors (Lipinski definition) is 2. The van der Waals surface area contributed by atoms with Gasteiger partial charge in [-0.05, 0) is 12.5 Å². The molecule has 1 aromatic heterocycles. The predicted octanol–water partition coefficient (Wildman–Crippen LogP) is 1.40. The number of nitrogens with zero attached hydrogens (tertiary/aromatic N) is 2. The number of rotatable bonds is 2. The molecule has 0 fully saturated rings.